The molecule has 0 spiro atoms. The molecule has 1 amide bonds. The van der Waals surface area contributed by atoms with E-state index in [1.807, 2.05) is 32.0 Å². The normalized spacial score (nSPS) is 15.8. The molecule has 1 atom stereocenters. The Kier molecular flexibility index (Phi) is 4.60. The van der Waals surface area contributed by atoms with Gasteiger partial charge in [-0.2, -0.15) is 0 Å². The van der Waals surface area contributed by atoms with E-state index in [1.54, 1.807) is 18.5 Å². The van der Waals surface area contributed by atoms with Gasteiger partial charge < -0.3 is 10.3 Å². The number of nitrogens with zero attached hydrogens (tertiary/aromatic N) is 2. The second-order valence-electron chi connectivity index (χ2n) is 6.14. The third-order valence-corrected chi connectivity index (χ3v) is 4.21. The van der Waals surface area contributed by atoms with Gasteiger partial charge in [0.15, 0.2) is 0 Å². The Morgan fingerprint density at radius 2 is 2.29 bits per heavy atom. The molecular formula is C19H22N4O. The first-order valence-corrected chi connectivity index (χ1v) is 8.21. The zero-order chi connectivity index (χ0) is 17.1. The van der Waals surface area contributed by atoms with Crippen LogP contribution >= 0.6 is 0 Å². The fourth-order valence-electron chi connectivity index (χ4n) is 2.63. The van der Waals surface area contributed by atoms with Crippen molar-refractivity contribution in [2.75, 3.05) is 0 Å². The predicted molar refractivity (Wildman–Crippen MR) is 95.7 cm³/mol. The minimum atomic E-state index is -0.173. The smallest absolute Gasteiger partial charge is 0.255 e. The van der Waals surface area contributed by atoms with Crippen molar-refractivity contribution in [1.29, 1.82) is 0 Å². The number of rotatable bonds is 6. The average Bonchev–Trinajstić information content (AvgIpc) is 3.37. The standard InChI is InChI=1S/C19H22N4O/c1-4-16(14-8-9-14)23-18-13(3)21-11-15(18)19(24)22-12(2)17-7-5-6-10-20-17/h4-7,10-12,14,21H,1,8-9H2,2-3H3,(H,22,24)/b23-16+. The summed E-state index contributed by atoms with van der Waals surface area (Å²) in [7, 11) is 0. The van der Waals surface area contributed by atoms with Crippen molar-refractivity contribution < 1.29 is 4.79 Å². The highest BCUT2D eigenvalue weighted by Crippen LogP contribution is 2.34. The third kappa shape index (κ3) is 3.45. The summed E-state index contributed by atoms with van der Waals surface area (Å²) in [6.45, 7) is 7.69. The molecule has 2 aromatic rings. The van der Waals surface area contributed by atoms with Crippen molar-refractivity contribution >= 4 is 17.3 Å². The van der Waals surface area contributed by atoms with E-state index in [0.29, 0.717) is 17.2 Å². The fourth-order valence-corrected chi connectivity index (χ4v) is 2.63. The molecule has 2 aromatic heterocycles. The van der Waals surface area contributed by atoms with Gasteiger partial charge >= 0.3 is 0 Å². The van der Waals surface area contributed by atoms with Gasteiger partial charge in [0.1, 0.15) is 0 Å². The molecule has 0 aromatic carbocycles. The summed E-state index contributed by atoms with van der Waals surface area (Å²) < 4.78 is 0. The average molecular weight is 322 g/mol. The molecule has 24 heavy (non-hydrogen) atoms. The summed E-state index contributed by atoms with van der Waals surface area (Å²) in [5.74, 6) is 0.329. The summed E-state index contributed by atoms with van der Waals surface area (Å²) in [5.41, 5.74) is 3.92. The highest BCUT2D eigenvalue weighted by atomic mass is 16.1. The van der Waals surface area contributed by atoms with Crippen LogP contribution in [0.2, 0.25) is 0 Å². The van der Waals surface area contributed by atoms with Crippen LogP contribution in [-0.4, -0.2) is 21.6 Å². The summed E-state index contributed by atoms with van der Waals surface area (Å²) in [4.78, 5) is 24.7. The van der Waals surface area contributed by atoms with Gasteiger partial charge in [-0.3, -0.25) is 14.8 Å². The Labute approximate surface area is 141 Å². The maximum Gasteiger partial charge on any atom is 0.255 e. The molecule has 5 nitrogen and oxygen atoms in total. The Balaban J connectivity index is 1.82. The second kappa shape index (κ2) is 6.83. The number of aromatic nitrogens is 2. The number of aryl methyl sites for hydroxylation is 1. The van der Waals surface area contributed by atoms with E-state index in [1.165, 1.54) is 0 Å². The summed E-state index contributed by atoms with van der Waals surface area (Å²) >= 11 is 0. The monoisotopic (exact) mass is 322 g/mol. The Bertz CT molecular complexity index is 772. The van der Waals surface area contributed by atoms with E-state index >= 15 is 0 Å². The van der Waals surface area contributed by atoms with Crippen molar-refractivity contribution in [3.05, 3.63) is 60.2 Å². The molecule has 0 saturated heterocycles. The number of nitrogens with one attached hydrogen (secondary N) is 2. The van der Waals surface area contributed by atoms with Gasteiger partial charge in [0.05, 0.1) is 23.0 Å². The number of amides is 1. The quantitative estimate of drug-likeness (QED) is 0.792. The van der Waals surface area contributed by atoms with Crippen molar-refractivity contribution in [3.63, 3.8) is 0 Å². The molecule has 0 bridgehead atoms. The molecule has 1 fully saturated rings. The van der Waals surface area contributed by atoms with E-state index in [2.05, 4.69) is 21.9 Å². The first-order valence-electron chi connectivity index (χ1n) is 8.21. The molecule has 124 valence electrons. The molecular weight excluding hydrogens is 300 g/mol. The highest BCUT2D eigenvalue weighted by Gasteiger charge is 2.27. The predicted octanol–water partition coefficient (Wildman–Crippen LogP) is 3.88. The highest BCUT2D eigenvalue weighted by molar-refractivity contribution is 6.04. The number of aromatic amines is 1. The van der Waals surface area contributed by atoms with Gasteiger partial charge in [-0.25, -0.2) is 0 Å². The maximum atomic E-state index is 12.7. The van der Waals surface area contributed by atoms with Gasteiger partial charge in [-0.1, -0.05) is 12.6 Å². The summed E-state index contributed by atoms with van der Waals surface area (Å²) in [6.07, 6.45) is 7.52. The fraction of sp³-hybridized carbons (Fsp3) is 0.316. The lowest BCUT2D eigenvalue weighted by Gasteiger charge is -2.13. The van der Waals surface area contributed by atoms with Crippen LogP contribution in [0.5, 0.6) is 0 Å². The lowest BCUT2D eigenvalue weighted by atomic mass is 10.1. The lowest BCUT2D eigenvalue weighted by Crippen LogP contribution is -2.27. The van der Waals surface area contributed by atoms with Crippen LogP contribution in [0.3, 0.4) is 0 Å². The van der Waals surface area contributed by atoms with E-state index in [9.17, 15) is 4.79 Å². The van der Waals surface area contributed by atoms with Crippen LogP contribution in [0.1, 0.15) is 47.6 Å². The number of hydrogen-bond acceptors (Lipinski definition) is 3. The number of allylic oxidation sites excluding steroid dienone is 1. The van der Waals surface area contributed by atoms with Crippen LogP contribution in [0.15, 0.2) is 48.2 Å². The Morgan fingerprint density at radius 1 is 1.50 bits per heavy atom. The number of aliphatic imine (C=N–C) groups is 1. The molecule has 1 unspecified atom stereocenters. The Morgan fingerprint density at radius 3 is 2.92 bits per heavy atom. The molecule has 1 aliphatic carbocycles. The number of carbonyl (C=O) groups excluding carboxylic acids is 1. The molecule has 2 N–H and O–H groups in total. The minimum absolute atomic E-state index is 0.157. The van der Waals surface area contributed by atoms with Gasteiger partial charge in [0, 0.05) is 29.7 Å². The summed E-state index contributed by atoms with van der Waals surface area (Å²) in [5, 5.41) is 2.99. The third-order valence-electron chi connectivity index (χ3n) is 4.21. The first-order chi connectivity index (χ1) is 11.6. The van der Waals surface area contributed by atoms with Gasteiger partial charge in [-0.05, 0) is 44.9 Å². The van der Waals surface area contributed by atoms with Gasteiger partial charge in [0.2, 0.25) is 0 Å². The largest absolute Gasteiger partial charge is 0.363 e. The van der Waals surface area contributed by atoms with Crippen LogP contribution in [0.25, 0.3) is 0 Å². The number of carbonyl (C=O) groups is 1. The van der Waals surface area contributed by atoms with E-state index < -0.39 is 0 Å². The molecule has 0 radical (unpaired) electrons. The molecule has 0 aliphatic heterocycles. The maximum absolute atomic E-state index is 12.7. The zero-order valence-corrected chi connectivity index (χ0v) is 14.0. The van der Waals surface area contributed by atoms with Gasteiger partial charge in [0.25, 0.3) is 5.91 Å². The summed E-state index contributed by atoms with van der Waals surface area (Å²) in [6, 6.07) is 5.49. The topological polar surface area (TPSA) is 70.1 Å². The minimum Gasteiger partial charge on any atom is -0.363 e. The van der Waals surface area contributed by atoms with Crippen molar-refractivity contribution in [3.8, 4) is 0 Å². The molecule has 1 saturated carbocycles. The number of hydrogen-bond donors (Lipinski definition) is 2. The molecule has 5 heteroatoms. The number of H-pyrrole nitrogens is 1. The lowest BCUT2D eigenvalue weighted by molar-refractivity contribution is 0.0940. The first kappa shape index (κ1) is 16.2. The van der Waals surface area contributed by atoms with Crippen LogP contribution in [0.4, 0.5) is 5.69 Å². The van der Waals surface area contributed by atoms with E-state index in [-0.39, 0.29) is 11.9 Å². The van der Waals surface area contributed by atoms with Gasteiger partial charge in [-0.15, -0.1) is 0 Å². The molecule has 2 heterocycles. The van der Waals surface area contributed by atoms with Crippen molar-refractivity contribution in [1.82, 2.24) is 15.3 Å². The zero-order valence-electron chi connectivity index (χ0n) is 14.0. The van der Waals surface area contributed by atoms with Crippen molar-refractivity contribution in [2.24, 2.45) is 10.9 Å². The SMILES string of the molecule is C=C/C(=N\c1c(C(=O)NC(C)c2ccccn2)c[nH]c1C)C1CC1. The van der Waals surface area contributed by atoms with Crippen LogP contribution < -0.4 is 5.32 Å². The van der Waals surface area contributed by atoms with E-state index in [0.717, 1.165) is 29.9 Å². The van der Waals surface area contributed by atoms with Crippen molar-refractivity contribution in [2.45, 2.75) is 32.7 Å². The van der Waals surface area contributed by atoms with Crippen LogP contribution in [-0.2, 0) is 0 Å². The number of pyridine rings is 1. The van der Waals surface area contributed by atoms with E-state index in [4.69, 9.17) is 4.99 Å². The Hall–Kier alpha value is -2.69. The second-order valence-corrected chi connectivity index (χ2v) is 6.14. The molecule has 1 aliphatic rings. The van der Waals surface area contributed by atoms with Crippen LogP contribution in [0, 0.1) is 12.8 Å². The molecule has 3 rings (SSSR count).